The smallest absolute Gasteiger partial charge is 0.266 e. The number of rotatable bonds is 5. The fourth-order valence-electron chi connectivity index (χ4n) is 3.54. The van der Waals surface area contributed by atoms with Crippen LogP contribution in [0, 0.1) is 6.92 Å². The second kappa shape index (κ2) is 8.55. The third-order valence-electron chi connectivity index (χ3n) is 5.19. The van der Waals surface area contributed by atoms with E-state index in [4.69, 9.17) is 16.3 Å². The number of aromatic nitrogens is 4. The Morgan fingerprint density at radius 3 is 2.35 bits per heavy atom. The number of piperazine rings is 1. The van der Waals surface area contributed by atoms with Gasteiger partial charge in [-0.05, 0) is 51.1 Å². The van der Waals surface area contributed by atoms with E-state index in [1.54, 1.807) is 49.1 Å². The van der Waals surface area contributed by atoms with Crippen molar-refractivity contribution in [2.75, 3.05) is 31.1 Å². The molecule has 2 aromatic heterocycles. The number of carbonyl (C=O) groups is 1. The average molecular weight is 441 g/mol. The van der Waals surface area contributed by atoms with Crippen LogP contribution in [-0.2, 0) is 4.79 Å². The molecule has 1 amide bonds. The molecule has 0 saturated carbocycles. The molecular formula is C22H25ClN6O2. The van der Waals surface area contributed by atoms with E-state index in [2.05, 4.69) is 20.0 Å². The summed E-state index contributed by atoms with van der Waals surface area (Å²) >= 11 is 5.93. The van der Waals surface area contributed by atoms with E-state index in [0.29, 0.717) is 42.8 Å². The summed E-state index contributed by atoms with van der Waals surface area (Å²) in [7, 11) is 0. The summed E-state index contributed by atoms with van der Waals surface area (Å²) in [5.74, 6) is 2.11. The molecule has 0 bridgehead atoms. The quantitative estimate of drug-likeness (QED) is 0.606. The van der Waals surface area contributed by atoms with Crippen LogP contribution in [-0.4, -0.2) is 62.3 Å². The van der Waals surface area contributed by atoms with Crippen molar-refractivity contribution in [1.82, 2.24) is 24.6 Å². The van der Waals surface area contributed by atoms with Crippen LogP contribution >= 0.6 is 11.6 Å². The molecule has 0 atom stereocenters. The molecule has 1 saturated heterocycles. The van der Waals surface area contributed by atoms with Crippen molar-refractivity contribution in [3.8, 4) is 11.6 Å². The molecule has 3 heterocycles. The standard InChI is InChI=1S/C22H25ClN6O2/c1-16-8-9-29(26-16)20-14-19(24-15-25-20)27-10-12-28(13-11-27)21(30)22(2,3)31-18-6-4-17(23)5-7-18/h4-9,14-15H,10-13H2,1-3H3. The number of amides is 1. The third kappa shape index (κ3) is 4.80. The lowest BCUT2D eigenvalue weighted by atomic mass is 10.1. The van der Waals surface area contributed by atoms with Crippen molar-refractivity contribution in [2.24, 2.45) is 0 Å². The Balaban J connectivity index is 1.39. The number of nitrogens with zero attached hydrogens (tertiary/aromatic N) is 6. The van der Waals surface area contributed by atoms with Gasteiger partial charge in [-0.1, -0.05) is 11.6 Å². The normalized spacial score (nSPS) is 14.6. The zero-order valence-corrected chi connectivity index (χ0v) is 18.6. The first-order chi connectivity index (χ1) is 14.8. The highest BCUT2D eigenvalue weighted by Gasteiger charge is 2.36. The lowest BCUT2D eigenvalue weighted by molar-refractivity contribution is -0.145. The summed E-state index contributed by atoms with van der Waals surface area (Å²) in [4.78, 5) is 25.8. The molecule has 0 aliphatic carbocycles. The predicted molar refractivity (Wildman–Crippen MR) is 119 cm³/mol. The second-order valence-electron chi connectivity index (χ2n) is 7.98. The van der Waals surface area contributed by atoms with Gasteiger partial charge >= 0.3 is 0 Å². The van der Waals surface area contributed by atoms with Crippen LogP contribution < -0.4 is 9.64 Å². The molecular weight excluding hydrogens is 416 g/mol. The summed E-state index contributed by atoms with van der Waals surface area (Å²) in [6.07, 6.45) is 3.42. The molecule has 3 aromatic rings. The summed E-state index contributed by atoms with van der Waals surface area (Å²) in [5, 5.41) is 5.03. The van der Waals surface area contributed by atoms with Crippen LogP contribution in [0.4, 0.5) is 5.82 Å². The molecule has 162 valence electrons. The zero-order valence-electron chi connectivity index (χ0n) is 17.8. The Labute approximate surface area is 186 Å². The largest absolute Gasteiger partial charge is 0.478 e. The van der Waals surface area contributed by atoms with Crippen LogP contribution in [0.15, 0.2) is 48.9 Å². The Hall–Kier alpha value is -3.13. The first kappa shape index (κ1) is 21.1. The molecule has 4 rings (SSSR count). The molecule has 1 aromatic carbocycles. The van der Waals surface area contributed by atoms with Gasteiger partial charge in [-0.2, -0.15) is 5.10 Å². The number of carbonyl (C=O) groups excluding carboxylic acids is 1. The van der Waals surface area contributed by atoms with Crippen molar-refractivity contribution in [1.29, 1.82) is 0 Å². The van der Waals surface area contributed by atoms with Crippen LogP contribution in [0.2, 0.25) is 5.02 Å². The van der Waals surface area contributed by atoms with Crippen molar-refractivity contribution in [3.05, 3.63) is 59.6 Å². The highest BCUT2D eigenvalue weighted by Crippen LogP contribution is 2.23. The monoisotopic (exact) mass is 440 g/mol. The van der Waals surface area contributed by atoms with E-state index in [-0.39, 0.29) is 5.91 Å². The molecule has 0 radical (unpaired) electrons. The van der Waals surface area contributed by atoms with E-state index >= 15 is 0 Å². The van der Waals surface area contributed by atoms with Crippen LogP contribution in [0.1, 0.15) is 19.5 Å². The highest BCUT2D eigenvalue weighted by molar-refractivity contribution is 6.30. The summed E-state index contributed by atoms with van der Waals surface area (Å²) in [6.45, 7) is 8.05. The number of hydrogen-bond donors (Lipinski definition) is 0. The predicted octanol–water partition coefficient (Wildman–Crippen LogP) is 3.13. The summed E-state index contributed by atoms with van der Waals surface area (Å²) in [5.41, 5.74) is -0.0496. The lowest BCUT2D eigenvalue weighted by Gasteiger charge is -2.39. The minimum atomic E-state index is -0.976. The molecule has 0 N–H and O–H groups in total. The topological polar surface area (TPSA) is 76.4 Å². The van der Waals surface area contributed by atoms with Crippen LogP contribution in [0.5, 0.6) is 5.75 Å². The fraction of sp³-hybridized carbons (Fsp3) is 0.364. The molecule has 9 heteroatoms. The van der Waals surface area contributed by atoms with Crippen molar-refractivity contribution in [2.45, 2.75) is 26.4 Å². The summed E-state index contributed by atoms with van der Waals surface area (Å²) in [6, 6.07) is 10.9. The van der Waals surface area contributed by atoms with Crippen molar-refractivity contribution >= 4 is 23.3 Å². The Bertz CT molecular complexity index is 1060. The Morgan fingerprint density at radius 1 is 1.03 bits per heavy atom. The lowest BCUT2D eigenvalue weighted by Crippen LogP contribution is -2.56. The van der Waals surface area contributed by atoms with Crippen LogP contribution in [0.25, 0.3) is 5.82 Å². The minimum Gasteiger partial charge on any atom is -0.478 e. The molecule has 8 nitrogen and oxygen atoms in total. The van der Waals surface area contributed by atoms with Gasteiger partial charge in [0.1, 0.15) is 17.9 Å². The molecule has 1 aliphatic heterocycles. The third-order valence-corrected chi connectivity index (χ3v) is 5.44. The first-order valence-electron chi connectivity index (χ1n) is 10.2. The van der Waals surface area contributed by atoms with Crippen molar-refractivity contribution in [3.63, 3.8) is 0 Å². The van der Waals surface area contributed by atoms with E-state index in [1.807, 2.05) is 30.2 Å². The van der Waals surface area contributed by atoms with Crippen LogP contribution in [0.3, 0.4) is 0 Å². The maximum absolute atomic E-state index is 13.1. The van der Waals surface area contributed by atoms with Gasteiger partial charge < -0.3 is 14.5 Å². The molecule has 1 fully saturated rings. The van der Waals surface area contributed by atoms with E-state index < -0.39 is 5.60 Å². The molecule has 31 heavy (non-hydrogen) atoms. The van der Waals surface area contributed by atoms with Gasteiger partial charge in [-0.15, -0.1) is 0 Å². The van der Waals surface area contributed by atoms with Gasteiger partial charge in [0.2, 0.25) is 0 Å². The molecule has 0 unspecified atom stereocenters. The number of hydrogen-bond acceptors (Lipinski definition) is 6. The maximum atomic E-state index is 13.1. The number of anilines is 1. The Morgan fingerprint density at radius 2 is 1.71 bits per heavy atom. The minimum absolute atomic E-state index is 0.0440. The first-order valence-corrected chi connectivity index (χ1v) is 10.5. The number of aryl methyl sites for hydroxylation is 1. The van der Waals surface area contributed by atoms with E-state index in [1.165, 1.54) is 0 Å². The summed E-state index contributed by atoms with van der Waals surface area (Å²) < 4.78 is 7.69. The van der Waals surface area contributed by atoms with Gasteiger partial charge in [0.15, 0.2) is 11.4 Å². The SMILES string of the molecule is Cc1ccn(-c2cc(N3CCN(C(=O)C(C)(C)Oc4ccc(Cl)cc4)CC3)ncn2)n1. The van der Waals surface area contributed by atoms with E-state index in [0.717, 1.165) is 11.5 Å². The zero-order chi connectivity index (χ0) is 22.0. The van der Waals surface area contributed by atoms with E-state index in [9.17, 15) is 4.79 Å². The molecule has 0 spiro atoms. The number of ether oxygens (including phenoxy) is 1. The van der Waals surface area contributed by atoms with Gasteiger partial charge in [-0.3, -0.25) is 4.79 Å². The van der Waals surface area contributed by atoms with Gasteiger partial charge in [0.25, 0.3) is 5.91 Å². The van der Waals surface area contributed by atoms with Crippen molar-refractivity contribution < 1.29 is 9.53 Å². The fourth-order valence-corrected chi connectivity index (χ4v) is 3.66. The highest BCUT2D eigenvalue weighted by atomic mass is 35.5. The number of halogens is 1. The molecule has 1 aliphatic rings. The van der Waals surface area contributed by atoms with Gasteiger partial charge in [-0.25, -0.2) is 14.6 Å². The van der Waals surface area contributed by atoms with Gasteiger partial charge in [0, 0.05) is 43.5 Å². The second-order valence-corrected chi connectivity index (χ2v) is 8.42. The number of benzene rings is 1. The average Bonchev–Trinajstić information content (AvgIpc) is 3.21. The maximum Gasteiger partial charge on any atom is 0.266 e. The van der Waals surface area contributed by atoms with Gasteiger partial charge in [0.05, 0.1) is 5.69 Å². The Kier molecular flexibility index (Phi) is 5.82.